The van der Waals surface area contributed by atoms with Crippen molar-refractivity contribution in [2.75, 3.05) is 6.54 Å². The van der Waals surface area contributed by atoms with Crippen LogP contribution in [-0.4, -0.2) is 33.7 Å². The van der Waals surface area contributed by atoms with Gasteiger partial charge in [-0.05, 0) is 24.3 Å². The molecule has 1 heterocycles. The molecule has 19 heavy (non-hydrogen) atoms. The Morgan fingerprint density at radius 3 is 2.68 bits per heavy atom. The maximum Gasteiger partial charge on any atom is 0.303 e. The van der Waals surface area contributed by atoms with E-state index in [9.17, 15) is 9.59 Å². The lowest BCUT2D eigenvalue weighted by atomic mass is 9.71. The largest absolute Gasteiger partial charge is 0.481 e. The first kappa shape index (κ1) is 13.6. The third-order valence-corrected chi connectivity index (χ3v) is 3.81. The Kier molecular flexibility index (Phi) is 4.19. The second kappa shape index (κ2) is 5.86. The van der Waals surface area contributed by atoms with Gasteiger partial charge in [-0.3, -0.25) is 14.7 Å². The van der Waals surface area contributed by atoms with Crippen molar-refractivity contribution in [1.29, 1.82) is 0 Å². The SMILES string of the molecule is O=C(O)CC1(CNC(=O)c2ccn[nH]2)CCCCC1. The molecule has 0 bridgehead atoms. The zero-order valence-electron chi connectivity index (χ0n) is 10.8. The van der Waals surface area contributed by atoms with Crippen molar-refractivity contribution in [3.05, 3.63) is 18.0 Å². The molecule has 2 rings (SSSR count). The van der Waals surface area contributed by atoms with Crippen LogP contribution >= 0.6 is 0 Å². The molecule has 1 aromatic heterocycles. The molecular formula is C13H19N3O3. The van der Waals surface area contributed by atoms with E-state index in [0.29, 0.717) is 12.2 Å². The van der Waals surface area contributed by atoms with Crippen LogP contribution in [0.1, 0.15) is 49.0 Å². The van der Waals surface area contributed by atoms with Gasteiger partial charge >= 0.3 is 5.97 Å². The smallest absolute Gasteiger partial charge is 0.303 e. The fraction of sp³-hybridized carbons (Fsp3) is 0.615. The minimum atomic E-state index is -0.794. The molecule has 6 nitrogen and oxygen atoms in total. The molecule has 0 unspecified atom stereocenters. The normalized spacial score (nSPS) is 17.9. The van der Waals surface area contributed by atoms with Gasteiger partial charge in [-0.1, -0.05) is 19.3 Å². The van der Waals surface area contributed by atoms with Gasteiger partial charge in [0.05, 0.1) is 6.42 Å². The summed E-state index contributed by atoms with van der Waals surface area (Å²) in [5, 5.41) is 18.2. The summed E-state index contributed by atoms with van der Waals surface area (Å²) in [7, 11) is 0. The number of aliphatic carboxylic acids is 1. The van der Waals surface area contributed by atoms with Crippen LogP contribution in [0.5, 0.6) is 0 Å². The summed E-state index contributed by atoms with van der Waals surface area (Å²) in [5.74, 6) is -1.02. The minimum Gasteiger partial charge on any atom is -0.481 e. The summed E-state index contributed by atoms with van der Waals surface area (Å²) in [6, 6.07) is 1.60. The second-order valence-electron chi connectivity index (χ2n) is 5.28. The fourth-order valence-corrected chi connectivity index (χ4v) is 2.78. The van der Waals surface area contributed by atoms with E-state index in [-0.39, 0.29) is 17.7 Å². The molecular weight excluding hydrogens is 246 g/mol. The summed E-state index contributed by atoms with van der Waals surface area (Å²) in [4.78, 5) is 22.9. The van der Waals surface area contributed by atoms with Crippen LogP contribution in [0.4, 0.5) is 0 Å². The van der Waals surface area contributed by atoms with Crippen LogP contribution < -0.4 is 5.32 Å². The predicted molar refractivity (Wildman–Crippen MR) is 68.7 cm³/mol. The summed E-state index contributed by atoms with van der Waals surface area (Å²) in [6.07, 6.45) is 6.58. The lowest BCUT2D eigenvalue weighted by Crippen LogP contribution is -2.40. The molecule has 104 valence electrons. The van der Waals surface area contributed by atoms with Gasteiger partial charge in [0.15, 0.2) is 0 Å². The fourth-order valence-electron chi connectivity index (χ4n) is 2.78. The average molecular weight is 265 g/mol. The number of rotatable bonds is 5. The zero-order chi connectivity index (χ0) is 13.7. The number of carbonyl (C=O) groups is 2. The van der Waals surface area contributed by atoms with Crippen molar-refractivity contribution in [2.45, 2.75) is 38.5 Å². The first-order valence-corrected chi connectivity index (χ1v) is 6.61. The van der Waals surface area contributed by atoms with Crippen molar-refractivity contribution < 1.29 is 14.7 Å². The van der Waals surface area contributed by atoms with Gasteiger partial charge in [-0.15, -0.1) is 0 Å². The van der Waals surface area contributed by atoms with Crippen LogP contribution in [0, 0.1) is 5.41 Å². The third-order valence-electron chi connectivity index (χ3n) is 3.81. The molecule has 0 aliphatic heterocycles. The summed E-state index contributed by atoms with van der Waals surface area (Å²) in [6.45, 7) is 0.414. The standard InChI is InChI=1S/C13H19N3O3/c17-11(18)8-13(5-2-1-3-6-13)9-14-12(19)10-4-7-15-16-10/h4,7H,1-3,5-6,8-9H2,(H,14,19)(H,15,16)(H,17,18). The molecule has 0 saturated heterocycles. The first-order chi connectivity index (χ1) is 9.11. The zero-order valence-corrected chi connectivity index (χ0v) is 10.8. The number of hydrogen-bond acceptors (Lipinski definition) is 3. The molecule has 1 aliphatic rings. The number of aromatic nitrogens is 2. The molecule has 6 heteroatoms. The molecule has 1 amide bonds. The summed E-state index contributed by atoms with van der Waals surface area (Å²) in [5.41, 5.74) is 0.112. The van der Waals surface area contributed by atoms with Gasteiger partial charge in [0.25, 0.3) is 5.91 Å². The number of nitrogens with zero attached hydrogens (tertiary/aromatic N) is 1. The molecule has 1 saturated carbocycles. The molecule has 0 spiro atoms. The van der Waals surface area contributed by atoms with Gasteiger partial charge in [-0.2, -0.15) is 5.10 Å². The highest BCUT2D eigenvalue weighted by Crippen LogP contribution is 2.38. The lowest BCUT2D eigenvalue weighted by Gasteiger charge is -2.36. The topological polar surface area (TPSA) is 95.1 Å². The van der Waals surface area contributed by atoms with Crippen LogP contribution in [0.2, 0.25) is 0 Å². The molecule has 3 N–H and O–H groups in total. The van der Waals surface area contributed by atoms with Crippen LogP contribution in [-0.2, 0) is 4.79 Å². The molecule has 0 aromatic carbocycles. The highest BCUT2D eigenvalue weighted by molar-refractivity contribution is 5.92. The Balaban J connectivity index is 1.96. The Hall–Kier alpha value is -1.85. The molecule has 1 fully saturated rings. The second-order valence-corrected chi connectivity index (χ2v) is 5.28. The minimum absolute atomic E-state index is 0.121. The Morgan fingerprint density at radius 2 is 2.11 bits per heavy atom. The average Bonchev–Trinajstić information content (AvgIpc) is 2.90. The van der Waals surface area contributed by atoms with Gasteiger partial charge in [0, 0.05) is 12.7 Å². The number of carboxylic acid groups (broad SMARTS) is 1. The Bertz CT molecular complexity index is 436. The molecule has 1 aromatic rings. The summed E-state index contributed by atoms with van der Waals surface area (Å²) >= 11 is 0. The summed E-state index contributed by atoms with van der Waals surface area (Å²) < 4.78 is 0. The van der Waals surface area contributed by atoms with E-state index in [4.69, 9.17) is 5.11 Å². The number of carboxylic acids is 1. The molecule has 0 radical (unpaired) electrons. The van der Waals surface area contributed by atoms with Gasteiger partial charge in [0.1, 0.15) is 5.69 Å². The number of aromatic amines is 1. The lowest BCUT2D eigenvalue weighted by molar-refractivity contribution is -0.140. The molecule has 0 atom stereocenters. The maximum absolute atomic E-state index is 11.8. The number of nitrogens with one attached hydrogen (secondary N) is 2. The maximum atomic E-state index is 11.8. The highest BCUT2D eigenvalue weighted by Gasteiger charge is 2.34. The van der Waals surface area contributed by atoms with E-state index in [1.165, 1.54) is 6.20 Å². The Morgan fingerprint density at radius 1 is 1.37 bits per heavy atom. The number of hydrogen-bond donors (Lipinski definition) is 3. The van der Waals surface area contributed by atoms with E-state index in [0.717, 1.165) is 32.1 Å². The van der Waals surface area contributed by atoms with Gasteiger partial charge in [0.2, 0.25) is 0 Å². The third kappa shape index (κ3) is 3.56. The van der Waals surface area contributed by atoms with Gasteiger partial charge < -0.3 is 10.4 Å². The van der Waals surface area contributed by atoms with Gasteiger partial charge in [-0.25, -0.2) is 0 Å². The molecule has 1 aliphatic carbocycles. The number of carbonyl (C=O) groups excluding carboxylic acids is 1. The monoisotopic (exact) mass is 265 g/mol. The van der Waals surface area contributed by atoms with E-state index in [1.807, 2.05) is 0 Å². The van der Waals surface area contributed by atoms with Crippen molar-refractivity contribution in [3.63, 3.8) is 0 Å². The van der Waals surface area contributed by atoms with Crippen molar-refractivity contribution in [3.8, 4) is 0 Å². The predicted octanol–water partition coefficient (Wildman–Crippen LogP) is 1.56. The van der Waals surface area contributed by atoms with Crippen molar-refractivity contribution >= 4 is 11.9 Å². The van der Waals surface area contributed by atoms with Crippen LogP contribution in [0.15, 0.2) is 12.3 Å². The highest BCUT2D eigenvalue weighted by atomic mass is 16.4. The van der Waals surface area contributed by atoms with Crippen LogP contribution in [0.25, 0.3) is 0 Å². The van der Waals surface area contributed by atoms with E-state index in [1.54, 1.807) is 6.07 Å². The van der Waals surface area contributed by atoms with Crippen molar-refractivity contribution in [1.82, 2.24) is 15.5 Å². The first-order valence-electron chi connectivity index (χ1n) is 6.61. The van der Waals surface area contributed by atoms with Crippen molar-refractivity contribution in [2.24, 2.45) is 5.41 Å². The van der Waals surface area contributed by atoms with E-state index >= 15 is 0 Å². The number of H-pyrrole nitrogens is 1. The van der Waals surface area contributed by atoms with Crippen LogP contribution in [0.3, 0.4) is 0 Å². The quantitative estimate of drug-likeness (QED) is 0.753. The Labute approximate surface area is 111 Å². The number of amides is 1. The van der Waals surface area contributed by atoms with E-state index < -0.39 is 5.97 Å². The van der Waals surface area contributed by atoms with E-state index in [2.05, 4.69) is 15.5 Å².